The first kappa shape index (κ1) is 20.3. The van der Waals surface area contributed by atoms with Crippen LogP contribution in [0.5, 0.6) is 11.5 Å². The molecule has 4 rings (SSSR count). The van der Waals surface area contributed by atoms with E-state index in [0.29, 0.717) is 12.2 Å². The van der Waals surface area contributed by atoms with Crippen molar-refractivity contribution in [1.29, 1.82) is 0 Å². The first-order valence-corrected chi connectivity index (χ1v) is 10.8. The predicted octanol–water partition coefficient (Wildman–Crippen LogP) is 5.88. The van der Waals surface area contributed by atoms with Gasteiger partial charge in [-0.25, -0.2) is 0 Å². The third-order valence-electron chi connectivity index (χ3n) is 5.85. The van der Waals surface area contributed by atoms with Gasteiger partial charge < -0.3 is 14.8 Å². The van der Waals surface area contributed by atoms with Crippen molar-refractivity contribution in [2.24, 2.45) is 0 Å². The van der Waals surface area contributed by atoms with E-state index in [9.17, 15) is 4.79 Å². The Balaban J connectivity index is 1.46. The van der Waals surface area contributed by atoms with Gasteiger partial charge in [-0.1, -0.05) is 56.0 Å². The molecule has 1 fully saturated rings. The lowest BCUT2D eigenvalue weighted by atomic mass is 10.1. The summed E-state index contributed by atoms with van der Waals surface area (Å²) in [5.74, 6) is 1.50. The molecule has 1 aliphatic carbocycles. The van der Waals surface area contributed by atoms with Crippen LogP contribution in [0.15, 0.2) is 60.7 Å². The number of methoxy groups -OCH3 is 1. The molecule has 0 heterocycles. The number of hydrogen-bond acceptors (Lipinski definition) is 3. The standard InChI is InChI=1S/C26H29NO3/c1-29-25-15-13-21(26(28)27-23-10-4-2-3-5-11-23)16-22(25)18-30-24-14-12-19-8-6-7-9-20(19)17-24/h6-9,12-17,23H,2-5,10-11,18H2,1H3,(H,27,28). The summed E-state index contributed by atoms with van der Waals surface area (Å²) in [6.45, 7) is 0.339. The Kier molecular flexibility index (Phi) is 6.53. The van der Waals surface area contributed by atoms with E-state index in [0.717, 1.165) is 35.3 Å². The minimum Gasteiger partial charge on any atom is -0.496 e. The minimum atomic E-state index is -0.0171. The maximum atomic E-state index is 12.8. The molecule has 0 unspecified atom stereocenters. The van der Waals surface area contributed by atoms with Gasteiger partial charge in [0.1, 0.15) is 18.1 Å². The lowest BCUT2D eigenvalue weighted by molar-refractivity contribution is 0.0933. The SMILES string of the molecule is COc1ccc(C(=O)NC2CCCCCC2)cc1COc1ccc2ccccc2c1. The summed E-state index contributed by atoms with van der Waals surface area (Å²) in [7, 11) is 1.64. The van der Waals surface area contributed by atoms with Crippen LogP contribution in [0.2, 0.25) is 0 Å². The third kappa shape index (κ3) is 4.93. The lowest BCUT2D eigenvalue weighted by Gasteiger charge is -2.17. The molecule has 1 saturated carbocycles. The fourth-order valence-electron chi connectivity index (χ4n) is 4.14. The topological polar surface area (TPSA) is 47.6 Å². The van der Waals surface area contributed by atoms with Crippen LogP contribution in [-0.2, 0) is 6.61 Å². The Labute approximate surface area is 178 Å². The van der Waals surface area contributed by atoms with Crippen LogP contribution in [0.3, 0.4) is 0 Å². The van der Waals surface area contributed by atoms with Gasteiger partial charge >= 0.3 is 0 Å². The van der Waals surface area contributed by atoms with Crippen molar-refractivity contribution in [2.45, 2.75) is 51.2 Å². The van der Waals surface area contributed by atoms with E-state index in [-0.39, 0.29) is 11.9 Å². The molecule has 1 N–H and O–H groups in total. The number of hydrogen-bond donors (Lipinski definition) is 1. The molecule has 0 atom stereocenters. The summed E-state index contributed by atoms with van der Waals surface area (Å²) >= 11 is 0. The first-order chi connectivity index (χ1) is 14.7. The van der Waals surface area contributed by atoms with Gasteiger partial charge in [-0.3, -0.25) is 4.79 Å². The zero-order chi connectivity index (χ0) is 20.8. The van der Waals surface area contributed by atoms with Crippen LogP contribution >= 0.6 is 0 Å². The third-order valence-corrected chi connectivity index (χ3v) is 5.85. The van der Waals surface area contributed by atoms with Crippen LogP contribution in [0, 0.1) is 0 Å². The summed E-state index contributed by atoms with van der Waals surface area (Å²) in [5, 5.41) is 5.53. The zero-order valence-corrected chi connectivity index (χ0v) is 17.5. The Morgan fingerprint density at radius 3 is 2.47 bits per heavy atom. The highest BCUT2D eigenvalue weighted by molar-refractivity contribution is 5.94. The second-order valence-electron chi connectivity index (χ2n) is 7.99. The monoisotopic (exact) mass is 403 g/mol. The van der Waals surface area contributed by atoms with Gasteiger partial charge in [0, 0.05) is 17.2 Å². The number of carbonyl (C=O) groups is 1. The van der Waals surface area contributed by atoms with Crippen molar-refractivity contribution in [3.8, 4) is 11.5 Å². The van der Waals surface area contributed by atoms with E-state index in [1.54, 1.807) is 7.11 Å². The number of amides is 1. The molecule has 0 aromatic heterocycles. The molecule has 0 bridgehead atoms. The normalized spacial score (nSPS) is 14.8. The average molecular weight is 404 g/mol. The van der Waals surface area contributed by atoms with Crippen molar-refractivity contribution in [2.75, 3.05) is 7.11 Å². The number of benzene rings is 3. The number of ether oxygens (including phenoxy) is 2. The molecule has 4 heteroatoms. The highest BCUT2D eigenvalue weighted by atomic mass is 16.5. The zero-order valence-electron chi connectivity index (χ0n) is 17.5. The van der Waals surface area contributed by atoms with Crippen molar-refractivity contribution in [3.63, 3.8) is 0 Å². The number of rotatable bonds is 6. The van der Waals surface area contributed by atoms with Gasteiger partial charge in [-0.2, -0.15) is 0 Å². The molecule has 0 aliphatic heterocycles. The lowest BCUT2D eigenvalue weighted by Crippen LogP contribution is -2.34. The van der Waals surface area contributed by atoms with Gasteiger partial charge in [0.05, 0.1) is 7.11 Å². The molecule has 156 valence electrons. The van der Waals surface area contributed by atoms with Crippen molar-refractivity contribution in [3.05, 3.63) is 71.8 Å². The Bertz CT molecular complexity index is 1010. The fraction of sp³-hybridized carbons (Fsp3) is 0.346. The van der Waals surface area contributed by atoms with Gasteiger partial charge in [0.2, 0.25) is 0 Å². The predicted molar refractivity (Wildman–Crippen MR) is 120 cm³/mol. The maximum Gasteiger partial charge on any atom is 0.251 e. The molecule has 1 amide bonds. The summed E-state index contributed by atoms with van der Waals surface area (Å²) in [5.41, 5.74) is 1.51. The Morgan fingerprint density at radius 2 is 1.70 bits per heavy atom. The molecule has 0 spiro atoms. The van der Waals surface area contributed by atoms with Gasteiger partial charge in [0.15, 0.2) is 0 Å². The van der Waals surface area contributed by atoms with E-state index in [2.05, 4.69) is 23.5 Å². The largest absolute Gasteiger partial charge is 0.496 e. The second kappa shape index (κ2) is 9.66. The number of nitrogens with one attached hydrogen (secondary N) is 1. The van der Waals surface area contributed by atoms with Crippen molar-refractivity contribution in [1.82, 2.24) is 5.32 Å². The average Bonchev–Trinajstić information content (AvgIpc) is 3.06. The highest BCUT2D eigenvalue weighted by Crippen LogP contribution is 2.25. The van der Waals surface area contributed by atoms with E-state index >= 15 is 0 Å². The van der Waals surface area contributed by atoms with Gasteiger partial charge in [0.25, 0.3) is 5.91 Å². The Morgan fingerprint density at radius 1 is 0.933 bits per heavy atom. The summed E-state index contributed by atoms with van der Waals surface area (Å²) in [6.07, 6.45) is 7.06. The molecule has 0 saturated heterocycles. The van der Waals surface area contributed by atoms with Crippen LogP contribution in [0.1, 0.15) is 54.4 Å². The first-order valence-electron chi connectivity index (χ1n) is 10.8. The summed E-state index contributed by atoms with van der Waals surface area (Å²) in [4.78, 5) is 12.8. The van der Waals surface area contributed by atoms with E-state index in [1.807, 2.05) is 42.5 Å². The molecule has 30 heavy (non-hydrogen) atoms. The van der Waals surface area contributed by atoms with Gasteiger partial charge in [-0.05, 0) is 53.9 Å². The molecule has 3 aromatic rings. The van der Waals surface area contributed by atoms with Crippen molar-refractivity contribution >= 4 is 16.7 Å². The number of carbonyl (C=O) groups excluding carboxylic acids is 1. The van der Waals surface area contributed by atoms with E-state index < -0.39 is 0 Å². The van der Waals surface area contributed by atoms with Crippen LogP contribution < -0.4 is 14.8 Å². The molecule has 3 aromatic carbocycles. The van der Waals surface area contributed by atoms with Crippen molar-refractivity contribution < 1.29 is 14.3 Å². The second-order valence-corrected chi connectivity index (χ2v) is 7.99. The maximum absolute atomic E-state index is 12.8. The quantitative estimate of drug-likeness (QED) is 0.523. The molecule has 4 nitrogen and oxygen atoms in total. The molecule has 1 aliphatic rings. The fourth-order valence-corrected chi connectivity index (χ4v) is 4.14. The van der Waals surface area contributed by atoms with E-state index in [4.69, 9.17) is 9.47 Å². The molecular weight excluding hydrogens is 374 g/mol. The smallest absolute Gasteiger partial charge is 0.251 e. The molecular formula is C26H29NO3. The summed E-state index contributed by atoms with van der Waals surface area (Å²) in [6, 6.07) is 20.1. The molecule has 0 radical (unpaired) electrons. The van der Waals surface area contributed by atoms with Gasteiger partial charge in [-0.15, -0.1) is 0 Å². The summed E-state index contributed by atoms with van der Waals surface area (Å²) < 4.78 is 11.5. The van der Waals surface area contributed by atoms with Crippen LogP contribution in [-0.4, -0.2) is 19.1 Å². The van der Waals surface area contributed by atoms with E-state index in [1.165, 1.54) is 31.1 Å². The Hall–Kier alpha value is -3.01. The highest BCUT2D eigenvalue weighted by Gasteiger charge is 2.17. The van der Waals surface area contributed by atoms with Crippen LogP contribution in [0.25, 0.3) is 10.8 Å². The number of fused-ring (bicyclic) bond motifs is 1. The minimum absolute atomic E-state index is 0.0171. The van der Waals surface area contributed by atoms with Crippen LogP contribution in [0.4, 0.5) is 0 Å².